The van der Waals surface area contributed by atoms with E-state index in [1.54, 1.807) is 11.8 Å². The number of rotatable bonds is 2. The summed E-state index contributed by atoms with van der Waals surface area (Å²) in [6.07, 6.45) is 0. The quantitative estimate of drug-likeness (QED) is 0.759. The van der Waals surface area contributed by atoms with Gasteiger partial charge in [-0.05, 0) is 26.0 Å². The zero-order chi connectivity index (χ0) is 13.3. The molecule has 1 heterocycles. The van der Waals surface area contributed by atoms with E-state index in [0.717, 1.165) is 5.56 Å². The fourth-order valence-electron chi connectivity index (χ4n) is 1.73. The molecule has 0 atom stereocenters. The molecule has 0 unspecified atom stereocenters. The summed E-state index contributed by atoms with van der Waals surface area (Å²) in [6.45, 7) is 10.5. The third-order valence-corrected chi connectivity index (χ3v) is 3.23. The van der Waals surface area contributed by atoms with Crippen LogP contribution in [0.25, 0.3) is 11.4 Å². The maximum atomic E-state index is 5.28. The minimum absolute atomic E-state index is 0.0757. The second kappa shape index (κ2) is 4.76. The van der Waals surface area contributed by atoms with Crippen molar-refractivity contribution >= 4 is 11.8 Å². The molecule has 96 valence electrons. The van der Waals surface area contributed by atoms with Crippen LogP contribution in [0.5, 0.6) is 0 Å². The van der Waals surface area contributed by atoms with Crippen LogP contribution in [0.1, 0.15) is 31.9 Å². The van der Waals surface area contributed by atoms with Crippen LogP contribution in [0, 0.1) is 13.8 Å². The summed E-state index contributed by atoms with van der Waals surface area (Å²) in [4.78, 5) is 4.43. The fraction of sp³-hybridized carbons (Fsp3) is 0.429. The van der Waals surface area contributed by atoms with Gasteiger partial charge in [0.05, 0.1) is 0 Å². The van der Waals surface area contributed by atoms with E-state index in [-0.39, 0.29) is 4.75 Å². The summed E-state index contributed by atoms with van der Waals surface area (Å²) in [5.41, 5.74) is 3.43. The predicted octanol–water partition coefficient (Wildman–Crippen LogP) is 4.24. The molecule has 0 saturated heterocycles. The van der Waals surface area contributed by atoms with Crippen molar-refractivity contribution in [2.75, 3.05) is 0 Å². The van der Waals surface area contributed by atoms with Crippen LogP contribution < -0.4 is 0 Å². The number of hydrogen-bond acceptors (Lipinski definition) is 4. The molecule has 4 heteroatoms. The van der Waals surface area contributed by atoms with Crippen LogP contribution in [-0.2, 0) is 0 Å². The molecule has 3 nitrogen and oxygen atoms in total. The SMILES string of the molecule is Cc1cc(C)cc(-c2noc(SC(C)(C)C)n2)c1. The molecule has 0 fully saturated rings. The van der Waals surface area contributed by atoms with E-state index in [1.807, 2.05) is 0 Å². The standard InChI is InChI=1S/C14H18N2OS/c1-9-6-10(2)8-11(7-9)12-15-13(17-16-12)18-14(3,4)5/h6-8H,1-5H3. The average Bonchev–Trinajstić information content (AvgIpc) is 2.61. The Bertz CT molecular complexity index is 535. The highest BCUT2D eigenvalue weighted by molar-refractivity contribution is 8.00. The first-order valence-corrected chi connectivity index (χ1v) is 6.76. The molecular weight excluding hydrogens is 244 g/mol. The van der Waals surface area contributed by atoms with Crippen molar-refractivity contribution in [3.8, 4) is 11.4 Å². The summed E-state index contributed by atoms with van der Waals surface area (Å²) in [5.74, 6) is 0.661. The lowest BCUT2D eigenvalue weighted by atomic mass is 10.1. The lowest BCUT2D eigenvalue weighted by Crippen LogP contribution is -2.06. The first-order chi connectivity index (χ1) is 8.33. The molecule has 1 aromatic heterocycles. The van der Waals surface area contributed by atoms with Gasteiger partial charge in [0.2, 0.25) is 5.82 Å². The highest BCUT2D eigenvalue weighted by Crippen LogP contribution is 2.31. The van der Waals surface area contributed by atoms with Gasteiger partial charge in [0.1, 0.15) is 0 Å². The molecule has 0 N–H and O–H groups in total. The normalized spacial score (nSPS) is 11.8. The molecule has 1 aromatic carbocycles. The first-order valence-electron chi connectivity index (χ1n) is 5.95. The second-order valence-electron chi connectivity index (χ2n) is 5.47. The number of thioether (sulfide) groups is 1. The van der Waals surface area contributed by atoms with Gasteiger partial charge in [0.25, 0.3) is 5.22 Å². The Labute approximate surface area is 112 Å². The Hall–Kier alpha value is -1.29. The molecule has 2 rings (SSSR count). The zero-order valence-electron chi connectivity index (χ0n) is 11.4. The summed E-state index contributed by atoms with van der Waals surface area (Å²) >= 11 is 1.58. The smallest absolute Gasteiger partial charge is 0.286 e. The van der Waals surface area contributed by atoms with Crippen molar-refractivity contribution in [2.24, 2.45) is 0 Å². The van der Waals surface area contributed by atoms with Gasteiger partial charge in [0.15, 0.2) is 0 Å². The molecular formula is C14H18N2OS. The van der Waals surface area contributed by atoms with Crippen LogP contribution in [0.15, 0.2) is 27.9 Å². The fourth-order valence-corrected chi connectivity index (χ4v) is 2.46. The molecule has 2 aromatic rings. The van der Waals surface area contributed by atoms with E-state index in [2.05, 4.69) is 63.0 Å². The minimum Gasteiger partial charge on any atom is -0.327 e. The molecule has 0 aliphatic carbocycles. The van der Waals surface area contributed by atoms with Crippen LogP contribution in [0.3, 0.4) is 0 Å². The van der Waals surface area contributed by atoms with Crippen LogP contribution in [-0.4, -0.2) is 14.9 Å². The molecule has 0 saturated carbocycles. The highest BCUT2D eigenvalue weighted by Gasteiger charge is 2.18. The Kier molecular flexibility index (Phi) is 3.48. The van der Waals surface area contributed by atoms with Gasteiger partial charge in [-0.25, -0.2) is 0 Å². The van der Waals surface area contributed by atoms with E-state index in [0.29, 0.717) is 11.0 Å². The van der Waals surface area contributed by atoms with Gasteiger partial charge in [-0.3, -0.25) is 0 Å². The average molecular weight is 262 g/mol. The maximum absolute atomic E-state index is 5.28. The summed E-state index contributed by atoms with van der Waals surface area (Å²) in [7, 11) is 0. The molecule has 0 amide bonds. The van der Waals surface area contributed by atoms with E-state index in [1.165, 1.54) is 11.1 Å². The van der Waals surface area contributed by atoms with Crippen molar-refractivity contribution in [3.63, 3.8) is 0 Å². The van der Waals surface area contributed by atoms with E-state index >= 15 is 0 Å². The lowest BCUT2D eigenvalue weighted by molar-refractivity contribution is 0.340. The van der Waals surface area contributed by atoms with Gasteiger partial charge < -0.3 is 4.52 Å². The first kappa shape index (κ1) is 13.1. The molecule has 0 aliphatic rings. The van der Waals surface area contributed by atoms with Crippen molar-refractivity contribution in [1.82, 2.24) is 10.1 Å². The number of aromatic nitrogens is 2. The van der Waals surface area contributed by atoms with Gasteiger partial charge in [-0.2, -0.15) is 4.98 Å². The van der Waals surface area contributed by atoms with Crippen molar-refractivity contribution in [3.05, 3.63) is 29.3 Å². The Balaban J connectivity index is 2.29. The second-order valence-corrected chi connectivity index (χ2v) is 7.25. The largest absolute Gasteiger partial charge is 0.327 e. The number of aryl methyl sites for hydroxylation is 2. The van der Waals surface area contributed by atoms with Crippen molar-refractivity contribution in [2.45, 2.75) is 44.6 Å². The van der Waals surface area contributed by atoms with Crippen LogP contribution >= 0.6 is 11.8 Å². The molecule has 0 spiro atoms. The summed E-state index contributed by atoms with van der Waals surface area (Å²) < 4.78 is 5.35. The number of benzene rings is 1. The third kappa shape index (κ3) is 3.35. The summed E-state index contributed by atoms with van der Waals surface area (Å²) in [5, 5.41) is 4.67. The zero-order valence-corrected chi connectivity index (χ0v) is 12.3. The van der Waals surface area contributed by atoms with Gasteiger partial charge in [-0.15, -0.1) is 0 Å². The molecule has 18 heavy (non-hydrogen) atoms. The Morgan fingerprint density at radius 2 is 1.67 bits per heavy atom. The van der Waals surface area contributed by atoms with Gasteiger partial charge >= 0.3 is 0 Å². The van der Waals surface area contributed by atoms with Crippen molar-refractivity contribution < 1.29 is 4.52 Å². The van der Waals surface area contributed by atoms with E-state index in [9.17, 15) is 0 Å². The van der Waals surface area contributed by atoms with Gasteiger partial charge in [0, 0.05) is 10.3 Å². The molecule has 0 bridgehead atoms. The summed E-state index contributed by atoms with van der Waals surface area (Å²) in [6, 6.07) is 6.28. The maximum Gasteiger partial charge on any atom is 0.286 e. The van der Waals surface area contributed by atoms with E-state index in [4.69, 9.17) is 4.52 Å². The highest BCUT2D eigenvalue weighted by atomic mass is 32.2. The van der Waals surface area contributed by atoms with Gasteiger partial charge in [-0.1, -0.05) is 54.9 Å². The van der Waals surface area contributed by atoms with Crippen molar-refractivity contribution in [1.29, 1.82) is 0 Å². The number of hydrogen-bond donors (Lipinski definition) is 0. The minimum atomic E-state index is 0.0757. The predicted molar refractivity (Wildman–Crippen MR) is 74.8 cm³/mol. The number of nitrogens with zero attached hydrogens (tertiary/aromatic N) is 2. The Morgan fingerprint density at radius 3 is 2.22 bits per heavy atom. The topological polar surface area (TPSA) is 38.9 Å². The lowest BCUT2D eigenvalue weighted by Gasteiger charge is -2.12. The third-order valence-electron chi connectivity index (χ3n) is 2.28. The van der Waals surface area contributed by atoms with Crippen LogP contribution in [0.4, 0.5) is 0 Å². The molecule has 0 aliphatic heterocycles. The van der Waals surface area contributed by atoms with Crippen LogP contribution in [0.2, 0.25) is 0 Å². The molecule has 0 radical (unpaired) electrons. The van der Waals surface area contributed by atoms with E-state index < -0.39 is 0 Å². The Morgan fingerprint density at radius 1 is 1.06 bits per heavy atom. The monoisotopic (exact) mass is 262 g/mol.